The molecule has 2 nitrogen and oxygen atoms in total. The Labute approximate surface area is 119 Å². The van der Waals surface area contributed by atoms with Gasteiger partial charge in [0.25, 0.3) is 0 Å². The van der Waals surface area contributed by atoms with Crippen molar-refractivity contribution in [3.63, 3.8) is 0 Å². The topological polar surface area (TPSA) is 38.0 Å². The van der Waals surface area contributed by atoms with Crippen LogP contribution in [0.1, 0.15) is 47.2 Å². The maximum absolute atomic E-state index is 5.77. The summed E-state index contributed by atoms with van der Waals surface area (Å²) in [5, 5.41) is 0. The summed E-state index contributed by atoms with van der Waals surface area (Å²) in [6.07, 6.45) is 3.37. The van der Waals surface area contributed by atoms with Crippen molar-refractivity contribution < 1.29 is 0 Å². The van der Waals surface area contributed by atoms with Gasteiger partial charge in [-0.3, -0.25) is 5.84 Å². The number of nitrogens with one attached hydrogen (secondary N) is 1. The third-order valence-corrected chi connectivity index (χ3v) is 4.60. The Hall–Kier alpha value is -1.16. The molecule has 102 valence electrons. The fourth-order valence-corrected chi connectivity index (χ4v) is 3.34. The molecule has 0 amide bonds. The average molecular weight is 274 g/mol. The van der Waals surface area contributed by atoms with Crippen LogP contribution in [0.5, 0.6) is 0 Å². The lowest BCUT2D eigenvalue weighted by Gasteiger charge is -2.15. The minimum Gasteiger partial charge on any atom is -0.271 e. The number of hydrogen-bond acceptors (Lipinski definition) is 3. The van der Waals surface area contributed by atoms with Gasteiger partial charge in [-0.1, -0.05) is 44.5 Å². The molecule has 0 spiro atoms. The molecule has 0 radical (unpaired) electrons. The minimum atomic E-state index is 0.0992. The molecular weight excluding hydrogens is 252 g/mol. The van der Waals surface area contributed by atoms with Gasteiger partial charge in [0.1, 0.15) is 0 Å². The lowest BCUT2D eigenvalue weighted by molar-refractivity contribution is 0.645. The van der Waals surface area contributed by atoms with Gasteiger partial charge >= 0.3 is 0 Å². The molecule has 0 fully saturated rings. The Morgan fingerprint density at radius 1 is 1.21 bits per heavy atom. The molecule has 0 aliphatic rings. The summed E-state index contributed by atoms with van der Waals surface area (Å²) in [6, 6.07) is 13.2. The Balaban J connectivity index is 2.28. The van der Waals surface area contributed by atoms with Gasteiger partial charge in [-0.05, 0) is 36.1 Å². The maximum Gasteiger partial charge on any atom is 0.0802 e. The van der Waals surface area contributed by atoms with Gasteiger partial charge in [0, 0.05) is 9.75 Å². The summed E-state index contributed by atoms with van der Waals surface area (Å²) < 4.78 is 0. The largest absolute Gasteiger partial charge is 0.271 e. The summed E-state index contributed by atoms with van der Waals surface area (Å²) >= 11 is 1.84. The fraction of sp³-hybridized carbons (Fsp3) is 0.375. The monoisotopic (exact) mass is 274 g/mol. The smallest absolute Gasteiger partial charge is 0.0802 e. The van der Waals surface area contributed by atoms with Crippen LogP contribution in [0.15, 0.2) is 36.4 Å². The second-order valence-corrected chi connectivity index (χ2v) is 5.95. The van der Waals surface area contributed by atoms with E-state index < -0.39 is 0 Å². The van der Waals surface area contributed by atoms with E-state index in [0.717, 1.165) is 12.8 Å². The molecule has 0 aliphatic carbocycles. The second kappa shape index (κ2) is 6.85. The lowest BCUT2D eigenvalue weighted by Crippen LogP contribution is -2.28. The Kier molecular flexibility index (Phi) is 5.14. The standard InChI is InChI=1S/C16H22N2S/c1-3-6-12-7-5-8-13(11-12)16(18-17)15-10-9-14(4-2)19-15/h5,7-11,16,18H,3-4,6,17H2,1-2H3. The Bertz CT molecular complexity index is 519. The van der Waals surface area contributed by atoms with Gasteiger partial charge in [-0.25, -0.2) is 5.43 Å². The van der Waals surface area contributed by atoms with Crippen LogP contribution in [0.25, 0.3) is 0 Å². The summed E-state index contributed by atoms with van der Waals surface area (Å²) in [5.74, 6) is 5.77. The maximum atomic E-state index is 5.77. The van der Waals surface area contributed by atoms with Crippen LogP contribution >= 0.6 is 11.3 Å². The summed E-state index contributed by atoms with van der Waals surface area (Å²) in [6.45, 7) is 4.39. The first-order chi connectivity index (χ1) is 9.28. The number of rotatable bonds is 6. The molecule has 0 aliphatic heterocycles. The molecule has 2 rings (SSSR count). The van der Waals surface area contributed by atoms with E-state index in [-0.39, 0.29) is 6.04 Å². The van der Waals surface area contributed by atoms with Crippen molar-refractivity contribution in [2.24, 2.45) is 5.84 Å². The normalized spacial score (nSPS) is 12.6. The molecule has 19 heavy (non-hydrogen) atoms. The van der Waals surface area contributed by atoms with Gasteiger partial charge in [0.15, 0.2) is 0 Å². The number of benzene rings is 1. The van der Waals surface area contributed by atoms with Gasteiger partial charge < -0.3 is 0 Å². The highest BCUT2D eigenvalue weighted by Crippen LogP contribution is 2.28. The van der Waals surface area contributed by atoms with E-state index in [0.29, 0.717) is 0 Å². The zero-order chi connectivity index (χ0) is 13.7. The van der Waals surface area contributed by atoms with Crippen molar-refractivity contribution in [3.05, 3.63) is 57.3 Å². The lowest BCUT2D eigenvalue weighted by atomic mass is 10.0. The van der Waals surface area contributed by atoms with Crippen LogP contribution in [-0.4, -0.2) is 0 Å². The van der Waals surface area contributed by atoms with Gasteiger partial charge in [0.2, 0.25) is 0 Å². The third-order valence-electron chi connectivity index (χ3n) is 3.31. The van der Waals surface area contributed by atoms with Crippen molar-refractivity contribution in [1.82, 2.24) is 5.43 Å². The first kappa shape index (κ1) is 14.3. The molecule has 0 bridgehead atoms. The minimum absolute atomic E-state index is 0.0992. The second-order valence-electron chi connectivity index (χ2n) is 4.75. The van der Waals surface area contributed by atoms with Crippen molar-refractivity contribution in [2.45, 2.75) is 39.2 Å². The molecule has 1 unspecified atom stereocenters. The van der Waals surface area contributed by atoms with E-state index >= 15 is 0 Å². The molecule has 3 heteroatoms. The van der Waals surface area contributed by atoms with E-state index in [4.69, 9.17) is 5.84 Å². The highest BCUT2D eigenvalue weighted by atomic mass is 32.1. The average Bonchev–Trinajstić information content (AvgIpc) is 2.89. The van der Waals surface area contributed by atoms with Crippen LogP contribution in [0.4, 0.5) is 0 Å². The van der Waals surface area contributed by atoms with E-state index in [2.05, 4.69) is 55.7 Å². The van der Waals surface area contributed by atoms with Crippen molar-refractivity contribution in [1.29, 1.82) is 0 Å². The molecular formula is C16H22N2S. The molecule has 1 aromatic heterocycles. The van der Waals surface area contributed by atoms with E-state index in [9.17, 15) is 0 Å². The zero-order valence-corrected chi connectivity index (χ0v) is 12.5. The van der Waals surface area contributed by atoms with Gasteiger partial charge in [-0.15, -0.1) is 11.3 Å². The zero-order valence-electron chi connectivity index (χ0n) is 11.6. The first-order valence-corrected chi connectivity index (χ1v) is 7.73. The molecule has 2 aromatic rings. The number of hydrogen-bond donors (Lipinski definition) is 2. The number of hydrazine groups is 1. The van der Waals surface area contributed by atoms with Crippen LogP contribution in [0.3, 0.4) is 0 Å². The number of nitrogens with two attached hydrogens (primary N) is 1. The van der Waals surface area contributed by atoms with E-state index in [1.54, 1.807) is 0 Å². The van der Waals surface area contributed by atoms with Crippen LogP contribution in [-0.2, 0) is 12.8 Å². The molecule has 1 heterocycles. The SMILES string of the molecule is CCCc1cccc(C(NN)c2ccc(CC)s2)c1. The summed E-state index contributed by atoms with van der Waals surface area (Å²) in [5.41, 5.74) is 5.58. The number of thiophene rings is 1. The molecule has 0 saturated heterocycles. The van der Waals surface area contributed by atoms with Crippen molar-refractivity contribution in [3.8, 4) is 0 Å². The van der Waals surface area contributed by atoms with Crippen molar-refractivity contribution in [2.75, 3.05) is 0 Å². The Morgan fingerprint density at radius 3 is 2.68 bits per heavy atom. The number of aryl methyl sites for hydroxylation is 2. The molecule has 3 N–H and O–H groups in total. The predicted octanol–water partition coefficient (Wildman–Crippen LogP) is 3.82. The molecule has 0 saturated carbocycles. The van der Waals surface area contributed by atoms with Gasteiger partial charge in [-0.2, -0.15) is 0 Å². The van der Waals surface area contributed by atoms with Crippen LogP contribution in [0.2, 0.25) is 0 Å². The van der Waals surface area contributed by atoms with E-state index in [1.807, 2.05) is 11.3 Å². The van der Waals surface area contributed by atoms with Crippen molar-refractivity contribution >= 4 is 11.3 Å². The quantitative estimate of drug-likeness (QED) is 0.621. The summed E-state index contributed by atoms with van der Waals surface area (Å²) in [7, 11) is 0. The van der Waals surface area contributed by atoms with Crippen LogP contribution in [0, 0.1) is 0 Å². The highest BCUT2D eigenvalue weighted by molar-refractivity contribution is 7.12. The molecule has 1 aromatic carbocycles. The third kappa shape index (κ3) is 3.44. The summed E-state index contributed by atoms with van der Waals surface area (Å²) in [4.78, 5) is 2.69. The van der Waals surface area contributed by atoms with Gasteiger partial charge in [0.05, 0.1) is 6.04 Å². The predicted molar refractivity (Wildman–Crippen MR) is 83.3 cm³/mol. The highest BCUT2D eigenvalue weighted by Gasteiger charge is 2.14. The van der Waals surface area contributed by atoms with Crippen LogP contribution < -0.4 is 11.3 Å². The van der Waals surface area contributed by atoms with E-state index in [1.165, 1.54) is 27.3 Å². The Morgan fingerprint density at radius 2 is 2.05 bits per heavy atom. The first-order valence-electron chi connectivity index (χ1n) is 6.92. The fourth-order valence-electron chi connectivity index (χ4n) is 2.30. The molecule has 1 atom stereocenters.